The van der Waals surface area contributed by atoms with Crippen LogP contribution in [-0.2, 0) is 6.61 Å². The largest absolute Gasteiger partial charge is 0.392 e. The Morgan fingerprint density at radius 2 is 1.71 bits per heavy atom. The third kappa shape index (κ3) is 2.67. The standard InChI is InChI=1S/C19H24N4O/c1-20-17-11-19(21-2,22-3)23-16-10-9-14(15(12-24)18(16)17)13-7-5-4-6-8-13/h4-11,20-24H,12H2,1-3H3. The molecule has 0 unspecified atom stereocenters. The topological polar surface area (TPSA) is 68.3 Å². The van der Waals surface area contributed by atoms with Gasteiger partial charge >= 0.3 is 0 Å². The minimum Gasteiger partial charge on any atom is -0.392 e. The molecule has 0 saturated heterocycles. The smallest absolute Gasteiger partial charge is 0.165 e. The molecule has 0 spiro atoms. The SMILES string of the molecule is CNC1=CC(NC)(NC)Nc2ccc(-c3ccccc3)c(CO)c21. The molecule has 1 aliphatic heterocycles. The van der Waals surface area contributed by atoms with Crippen LogP contribution in [0.4, 0.5) is 5.69 Å². The van der Waals surface area contributed by atoms with Gasteiger partial charge in [0.25, 0.3) is 0 Å². The quantitative estimate of drug-likeness (QED) is 0.544. The highest BCUT2D eigenvalue weighted by atomic mass is 16.3. The van der Waals surface area contributed by atoms with Gasteiger partial charge in [-0.25, -0.2) is 0 Å². The number of nitrogens with one attached hydrogen (secondary N) is 4. The highest BCUT2D eigenvalue weighted by Gasteiger charge is 2.31. The maximum Gasteiger partial charge on any atom is 0.165 e. The molecule has 3 rings (SSSR count). The van der Waals surface area contributed by atoms with Gasteiger partial charge in [-0.15, -0.1) is 0 Å². The summed E-state index contributed by atoms with van der Waals surface area (Å²) in [7, 11) is 5.68. The van der Waals surface area contributed by atoms with E-state index in [0.717, 1.165) is 33.6 Å². The van der Waals surface area contributed by atoms with Crippen molar-refractivity contribution in [1.29, 1.82) is 0 Å². The average molecular weight is 324 g/mol. The molecular weight excluding hydrogens is 300 g/mol. The summed E-state index contributed by atoms with van der Waals surface area (Å²) < 4.78 is 0. The van der Waals surface area contributed by atoms with E-state index >= 15 is 0 Å². The molecule has 0 saturated carbocycles. The van der Waals surface area contributed by atoms with Crippen LogP contribution in [0.15, 0.2) is 48.5 Å². The van der Waals surface area contributed by atoms with Gasteiger partial charge in [-0.2, -0.15) is 0 Å². The van der Waals surface area contributed by atoms with Gasteiger partial charge < -0.3 is 15.7 Å². The molecular formula is C19H24N4O. The van der Waals surface area contributed by atoms with E-state index in [9.17, 15) is 5.11 Å². The molecule has 0 fully saturated rings. The Morgan fingerprint density at radius 3 is 2.29 bits per heavy atom. The lowest BCUT2D eigenvalue weighted by atomic mass is 9.90. The van der Waals surface area contributed by atoms with E-state index in [0.29, 0.717) is 0 Å². The minimum absolute atomic E-state index is 0.0276. The predicted molar refractivity (Wildman–Crippen MR) is 99.3 cm³/mol. The maximum atomic E-state index is 10.1. The van der Waals surface area contributed by atoms with Crippen molar-refractivity contribution in [2.45, 2.75) is 12.4 Å². The van der Waals surface area contributed by atoms with Gasteiger partial charge in [0.15, 0.2) is 5.79 Å². The third-order valence-corrected chi connectivity index (χ3v) is 4.58. The average Bonchev–Trinajstić information content (AvgIpc) is 2.66. The summed E-state index contributed by atoms with van der Waals surface area (Å²) in [6.07, 6.45) is 2.06. The highest BCUT2D eigenvalue weighted by molar-refractivity contribution is 5.87. The molecule has 24 heavy (non-hydrogen) atoms. The van der Waals surface area contributed by atoms with Crippen molar-refractivity contribution >= 4 is 11.4 Å². The number of hydrogen-bond donors (Lipinski definition) is 5. The molecule has 5 heteroatoms. The lowest BCUT2D eigenvalue weighted by molar-refractivity contribution is 0.282. The number of rotatable bonds is 5. The van der Waals surface area contributed by atoms with E-state index < -0.39 is 5.79 Å². The van der Waals surface area contributed by atoms with Crippen molar-refractivity contribution in [3.63, 3.8) is 0 Å². The summed E-state index contributed by atoms with van der Waals surface area (Å²) in [6.45, 7) is -0.0276. The molecule has 0 amide bonds. The lowest BCUT2D eigenvalue weighted by Crippen LogP contribution is -2.60. The molecule has 126 valence electrons. The van der Waals surface area contributed by atoms with E-state index in [1.165, 1.54) is 0 Å². The summed E-state index contributed by atoms with van der Waals surface area (Å²) in [5.41, 5.74) is 5.98. The predicted octanol–water partition coefficient (Wildman–Crippen LogP) is 1.92. The van der Waals surface area contributed by atoms with E-state index in [1.807, 2.05) is 39.3 Å². The number of aliphatic hydroxyl groups excluding tert-OH is 1. The Kier molecular flexibility index (Phi) is 4.57. The summed E-state index contributed by atoms with van der Waals surface area (Å²) in [5, 5.41) is 23.3. The minimum atomic E-state index is -0.535. The monoisotopic (exact) mass is 324 g/mol. The summed E-state index contributed by atoms with van der Waals surface area (Å²) in [4.78, 5) is 0. The van der Waals surface area contributed by atoms with Gasteiger partial charge in [-0.1, -0.05) is 36.4 Å². The molecule has 2 aromatic rings. The van der Waals surface area contributed by atoms with E-state index in [2.05, 4.69) is 51.6 Å². The second-order valence-corrected chi connectivity index (χ2v) is 5.78. The Hall–Kier alpha value is -2.34. The van der Waals surface area contributed by atoms with Crippen LogP contribution in [0.3, 0.4) is 0 Å². The van der Waals surface area contributed by atoms with Crippen LogP contribution in [0.25, 0.3) is 16.8 Å². The van der Waals surface area contributed by atoms with Crippen LogP contribution in [-0.4, -0.2) is 32.0 Å². The Morgan fingerprint density at radius 1 is 1.00 bits per heavy atom. The highest BCUT2D eigenvalue weighted by Crippen LogP contribution is 2.38. The first kappa shape index (κ1) is 16.5. The van der Waals surface area contributed by atoms with Gasteiger partial charge in [0.2, 0.25) is 0 Å². The normalized spacial score (nSPS) is 15.2. The van der Waals surface area contributed by atoms with E-state index in [-0.39, 0.29) is 6.61 Å². The van der Waals surface area contributed by atoms with Crippen molar-refractivity contribution in [3.8, 4) is 11.1 Å². The van der Waals surface area contributed by atoms with E-state index in [1.54, 1.807) is 0 Å². The fraction of sp³-hybridized carbons (Fsp3) is 0.263. The molecule has 0 aliphatic carbocycles. The molecule has 5 N–H and O–H groups in total. The van der Waals surface area contributed by atoms with Crippen LogP contribution in [0.2, 0.25) is 0 Å². The molecule has 2 aromatic carbocycles. The van der Waals surface area contributed by atoms with Gasteiger partial charge in [0.05, 0.1) is 6.61 Å². The number of hydrogen-bond acceptors (Lipinski definition) is 5. The number of fused-ring (bicyclic) bond motifs is 1. The van der Waals surface area contributed by atoms with Crippen LogP contribution in [0, 0.1) is 0 Å². The second-order valence-electron chi connectivity index (χ2n) is 5.78. The Bertz CT molecular complexity index is 751. The van der Waals surface area contributed by atoms with Crippen molar-refractivity contribution < 1.29 is 5.11 Å². The first-order valence-electron chi connectivity index (χ1n) is 8.07. The fourth-order valence-electron chi connectivity index (χ4n) is 3.24. The zero-order valence-electron chi connectivity index (χ0n) is 14.3. The maximum absolute atomic E-state index is 10.1. The summed E-state index contributed by atoms with van der Waals surface area (Å²) >= 11 is 0. The van der Waals surface area contributed by atoms with Crippen LogP contribution < -0.4 is 21.3 Å². The number of aliphatic hydroxyl groups is 1. The lowest BCUT2D eigenvalue weighted by Gasteiger charge is -2.38. The number of anilines is 1. The van der Waals surface area contributed by atoms with Gasteiger partial charge in [-0.3, -0.25) is 10.6 Å². The summed E-state index contributed by atoms with van der Waals surface area (Å²) in [5.74, 6) is -0.535. The molecule has 0 atom stereocenters. The van der Waals surface area contributed by atoms with Crippen LogP contribution >= 0.6 is 0 Å². The van der Waals surface area contributed by atoms with Crippen LogP contribution in [0.1, 0.15) is 11.1 Å². The van der Waals surface area contributed by atoms with E-state index in [4.69, 9.17) is 0 Å². The molecule has 0 radical (unpaired) electrons. The van der Waals surface area contributed by atoms with Gasteiger partial charge in [0.1, 0.15) is 0 Å². The fourth-order valence-corrected chi connectivity index (χ4v) is 3.24. The number of benzene rings is 2. The van der Waals surface area contributed by atoms with Crippen LogP contribution in [0.5, 0.6) is 0 Å². The first-order chi connectivity index (χ1) is 11.7. The van der Waals surface area contributed by atoms with Gasteiger partial charge in [0, 0.05) is 24.0 Å². The second kappa shape index (κ2) is 6.65. The Balaban J connectivity index is 2.21. The summed E-state index contributed by atoms with van der Waals surface area (Å²) in [6, 6.07) is 14.3. The molecule has 1 heterocycles. The van der Waals surface area contributed by atoms with Gasteiger partial charge in [-0.05, 0) is 42.9 Å². The third-order valence-electron chi connectivity index (χ3n) is 4.58. The first-order valence-corrected chi connectivity index (χ1v) is 8.07. The van der Waals surface area contributed by atoms with Crippen molar-refractivity contribution in [2.24, 2.45) is 0 Å². The number of likely N-dealkylation sites (N-methyl/N-ethyl adjacent to an activating group) is 2. The van der Waals surface area contributed by atoms with Crippen molar-refractivity contribution in [1.82, 2.24) is 16.0 Å². The molecule has 0 aromatic heterocycles. The molecule has 5 nitrogen and oxygen atoms in total. The zero-order valence-corrected chi connectivity index (χ0v) is 14.3. The molecule has 1 aliphatic rings. The van der Waals surface area contributed by atoms with Crippen molar-refractivity contribution in [2.75, 3.05) is 26.5 Å². The Labute approximate surface area is 142 Å². The molecule has 0 bridgehead atoms. The zero-order chi connectivity index (χ0) is 17.2. The van der Waals surface area contributed by atoms with Crippen molar-refractivity contribution in [3.05, 3.63) is 59.7 Å².